The van der Waals surface area contributed by atoms with Crippen molar-refractivity contribution in [3.8, 4) is 0 Å². The Morgan fingerprint density at radius 1 is 1.00 bits per heavy atom. The normalized spacial score (nSPS) is 16.8. The van der Waals surface area contributed by atoms with E-state index >= 15 is 0 Å². The number of alkyl halides is 6. The SMILES string of the molecule is CN1CCC(C(=O)NCC(COCc2cc(C(F)(F)F)cc(C(F)(F)F)c2)c2ccccc2)CC1. The van der Waals surface area contributed by atoms with Gasteiger partial charge in [0, 0.05) is 18.4 Å². The van der Waals surface area contributed by atoms with Gasteiger partial charge in [-0.1, -0.05) is 30.3 Å². The topological polar surface area (TPSA) is 41.6 Å². The van der Waals surface area contributed by atoms with Gasteiger partial charge in [0.1, 0.15) is 0 Å². The third-order valence-corrected chi connectivity index (χ3v) is 6.12. The van der Waals surface area contributed by atoms with E-state index in [1.807, 2.05) is 37.4 Å². The Bertz CT molecular complexity index is 938. The summed E-state index contributed by atoms with van der Waals surface area (Å²) in [6, 6.07) is 10.5. The van der Waals surface area contributed by atoms with Gasteiger partial charge in [0.25, 0.3) is 0 Å². The lowest BCUT2D eigenvalue weighted by Gasteiger charge is -2.28. The molecule has 1 heterocycles. The Hall–Kier alpha value is -2.59. The van der Waals surface area contributed by atoms with E-state index in [-0.39, 0.29) is 42.5 Å². The number of piperidine rings is 1. The Kier molecular flexibility index (Phi) is 8.82. The third kappa shape index (κ3) is 7.96. The number of amides is 1. The van der Waals surface area contributed by atoms with E-state index in [1.54, 1.807) is 0 Å². The molecular weight excluding hydrogens is 474 g/mol. The van der Waals surface area contributed by atoms with Crippen LogP contribution in [0.3, 0.4) is 0 Å². The molecule has 35 heavy (non-hydrogen) atoms. The molecule has 1 atom stereocenters. The number of halogens is 6. The maximum Gasteiger partial charge on any atom is 0.416 e. The van der Waals surface area contributed by atoms with Crippen LogP contribution in [0.15, 0.2) is 48.5 Å². The molecule has 0 saturated carbocycles. The molecular formula is C25H28F6N2O2. The lowest BCUT2D eigenvalue weighted by atomic mass is 9.95. The highest BCUT2D eigenvalue weighted by atomic mass is 19.4. The fourth-order valence-corrected chi connectivity index (χ4v) is 4.06. The maximum absolute atomic E-state index is 13.1. The molecule has 0 radical (unpaired) electrons. The zero-order valence-corrected chi connectivity index (χ0v) is 19.3. The Morgan fingerprint density at radius 3 is 2.11 bits per heavy atom. The van der Waals surface area contributed by atoms with Crippen LogP contribution in [0.5, 0.6) is 0 Å². The summed E-state index contributed by atoms with van der Waals surface area (Å²) < 4.78 is 84.2. The number of rotatable bonds is 8. The molecule has 1 fully saturated rings. The van der Waals surface area contributed by atoms with Crippen LogP contribution >= 0.6 is 0 Å². The van der Waals surface area contributed by atoms with Crippen LogP contribution in [-0.2, 0) is 28.5 Å². The number of hydrogen-bond acceptors (Lipinski definition) is 3. The summed E-state index contributed by atoms with van der Waals surface area (Å²) in [5.41, 5.74) is -2.14. The molecule has 2 aromatic carbocycles. The summed E-state index contributed by atoms with van der Waals surface area (Å²) >= 11 is 0. The number of likely N-dealkylation sites (tertiary alicyclic amines) is 1. The molecule has 3 rings (SSSR count). The van der Waals surface area contributed by atoms with Crippen molar-refractivity contribution in [3.05, 3.63) is 70.8 Å². The Labute approximate surface area is 200 Å². The van der Waals surface area contributed by atoms with Gasteiger partial charge in [0.15, 0.2) is 0 Å². The average Bonchev–Trinajstić information content (AvgIpc) is 2.80. The first-order chi connectivity index (χ1) is 16.4. The van der Waals surface area contributed by atoms with Gasteiger partial charge in [0.05, 0.1) is 24.3 Å². The molecule has 1 aliphatic rings. The van der Waals surface area contributed by atoms with Crippen molar-refractivity contribution < 1.29 is 35.9 Å². The van der Waals surface area contributed by atoms with Crippen LogP contribution < -0.4 is 5.32 Å². The van der Waals surface area contributed by atoms with Crippen molar-refractivity contribution in [2.24, 2.45) is 5.92 Å². The van der Waals surface area contributed by atoms with Crippen LogP contribution in [0, 0.1) is 5.92 Å². The van der Waals surface area contributed by atoms with Crippen LogP contribution in [0.25, 0.3) is 0 Å². The van der Waals surface area contributed by atoms with Gasteiger partial charge in [-0.3, -0.25) is 4.79 Å². The number of hydrogen-bond donors (Lipinski definition) is 1. The minimum atomic E-state index is -4.92. The van der Waals surface area contributed by atoms with Crippen LogP contribution in [0.1, 0.15) is 41.0 Å². The molecule has 1 unspecified atom stereocenters. The van der Waals surface area contributed by atoms with E-state index < -0.39 is 30.1 Å². The second kappa shape index (κ2) is 11.4. The molecule has 0 aliphatic carbocycles. The average molecular weight is 502 g/mol. The molecule has 1 aliphatic heterocycles. The summed E-state index contributed by atoms with van der Waals surface area (Å²) in [6.45, 7) is 1.49. The maximum atomic E-state index is 13.1. The Morgan fingerprint density at radius 2 is 1.57 bits per heavy atom. The highest BCUT2D eigenvalue weighted by Crippen LogP contribution is 2.36. The van der Waals surface area contributed by atoms with Gasteiger partial charge in [-0.25, -0.2) is 0 Å². The number of benzene rings is 2. The first kappa shape index (κ1) is 27.0. The minimum absolute atomic E-state index is 0.00922. The standard InChI is InChI=1S/C25H28F6N2O2/c1-33-9-7-19(8-10-33)23(34)32-14-20(18-5-3-2-4-6-18)16-35-15-17-11-21(24(26,27)28)13-22(12-17)25(29,30)31/h2-6,11-13,19-20H,7-10,14-16H2,1H3,(H,32,34). The van der Waals surface area contributed by atoms with E-state index in [4.69, 9.17) is 4.74 Å². The highest BCUT2D eigenvalue weighted by molar-refractivity contribution is 5.78. The molecule has 0 spiro atoms. The summed E-state index contributed by atoms with van der Waals surface area (Å²) in [5, 5.41) is 2.94. The largest absolute Gasteiger partial charge is 0.416 e. The van der Waals surface area contributed by atoms with E-state index in [1.165, 1.54) is 0 Å². The molecule has 0 bridgehead atoms. The van der Waals surface area contributed by atoms with E-state index in [0.29, 0.717) is 12.1 Å². The quantitative estimate of drug-likeness (QED) is 0.486. The molecule has 1 amide bonds. The fraction of sp³-hybridized carbons (Fsp3) is 0.480. The predicted molar refractivity (Wildman–Crippen MR) is 119 cm³/mol. The van der Waals surface area contributed by atoms with Gasteiger partial charge in [0.2, 0.25) is 5.91 Å². The summed E-state index contributed by atoms with van der Waals surface area (Å²) in [5.74, 6) is -0.472. The fourth-order valence-electron chi connectivity index (χ4n) is 4.06. The van der Waals surface area contributed by atoms with Gasteiger partial charge >= 0.3 is 12.4 Å². The highest BCUT2D eigenvalue weighted by Gasteiger charge is 2.37. The number of carbonyl (C=O) groups is 1. The lowest BCUT2D eigenvalue weighted by Crippen LogP contribution is -2.40. The van der Waals surface area contributed by atoms with E-state index in [0.717, 1.165) is 31.5 Å². The van der Waals surface area contributed by atoms with Crippen LogP contribution in [-0.4, -0.2) is 44.1 Å². The number of nitrogens with one attached hydrogen (secondary N) is 1. The van der Waals surface area contributed by atoms with Gasteiger partial charge in [-0.15, -0.1) is 0 Å². The molecule has 0 aromatic heterocycles. The van der Waals surface area contributed by atoms with Crippen molar-refractivity contribution in [2.45, 2.75) is 37.7 Å². The molecule has 10 heteroatoms. The van der Waals surface area contributed by atoms with Crippen molar-refractivity contribution in [1.29, 1.82) is 0 Å². The first-order valence-electron chi connectivity index (χ1n) is 11.3. The van der Waals surface area contributed by atoms with E-state index in [9.17, 15) is 31.1 Å². The number of nitrogens with zero attached hydrogens (tertiary/aromatic N) is 1. The monoisotopic (exact) mass is 502 g/mol. The van der Waals surface area contributed by atoms with Crippen molar-refractivity contribution >= 4 is 5.91 Å². The van der Waals surface area contributed by atoms with Crippen LogP contribution in [0.2, 0.25) is 0 Å². The second-order valence-electron chi connectivity index (χ2n) is 8.86. The summed E-state index contributed by atoms with van der Waals surface area (Å²) in [4.78, 5) is 14.8. The zero-order valence-electron chi connectivity index (χ0n) is 19.3. The second-order valence-corrected chi connectivity index (χ2v) is 8.86. The minimum Gasteiger partial charge on any atom is -0.376 e. The van der Waals surface area contributed by atoms with Crippen LogP contribution in [0.4, 0.5) is 26.3 Å². The van der Waals surface area contributed by atoms with Crippen molar-refractivity contribution in [1.82, 2.24) is 10.2 Å². The predicted octanol–water partition coefficient (Wildman–Crippen LogP) is 5.48. The first-order valence-corrected chi connectivity index (χ1v) is 11.3. The van der Waals surface area contributed by atoms with Crippen molar-refractivity contribution in [2.75, 3.05) is 33.3 Å². The molecule has 1 saturated heterocycles. The Balaban J connectivity index is 1.66. The number of ether oxygens (including phenoxy) is 1. The van der Waals surface area contributed by atoms with Gasteiger partial charge < -0.3 is 15.0 Å². The lowest BCUT2D eigenvalue weighted by molar-refractivity contribution is -0.143. The zero-order chi connectivity index (χ0) is 25.6. The summed E-state index contributed by atoms with van der Waals surface area (Å²) in [6.07, 6.45) is -8.32. The molecule has 2 aromatic rings. The molecule has 192 valence electrons. The van der Waals surface area contributed by atoms with E-state index in [2.05, 4.69) is 10.2 Å². The van der Waals surface area contributed by atoms with Gasteiger partial charge in [-0.2, -0.15) is 26.3 Å². The molecule has 1 N–H and O–H groups in total. The summed E-state index contributed by atoms with van der Waals surface area (Å²) in [7, 11) is 2.00. The van der Waals surface area contributed by atoms with Crippen molar-refractivity contribution in [3.63, 3.8) is 0 Å². The molecule has 4 nitrogen and oxygen atoms in total. The third-order valence-electron chi connectivity index (χ3n) is 6.12. The van der Waals surface area contributed by atoms with Gasteiger partial charge in [-0.05, 0) is 62.3 Å². The smallest absolute Gasteiger partial charge is 0.376 e. The number of carbonyl (C=O) groups excluding carboxylic acids is 1.